The molecule has 3 N–H and O–H groups in total. The number of H-pyrrole nitrogens is 1. The number of nitrogens with two attached hydrogens (primary N) is 1. The molecule has 140 valence electrons. The van der Waals surface area contributed by atoms with Crippen molar-refractivity contribution in [1.82, 2.24) is 9.97 Å². The SMILES string of the molecule is CC(=O)N(C(=O)CCc1cc2c(cn1)[nH]c1ccccc12)c1ccc(N)cc1. The number of rotatable bonds is 4. The second kappa shape index (κ2) is 7.15. The Hall–Kier alpha value is -3.67. The highest BCUT2D eigenvalue weighted by Gasteiger charge is 2.20. The minimum Gasteiger partial charge on any atom is -0.399 e. The van der Waals surface area contributed by atoms with Gasteiger partial charge >= 0.3 is 0 Å². The molecule has 2 aromatic heterocycles. The number of nitrogen functional groups attached to an aromatic ring is 1. The number of carbonyl (C=O) groups is 2. The Morgan fingerprint density at radius 3 is 2.54 bits per heavy atom. The van der Waals surface area contributed by atoms with Crippen LogP contribution in [-0.4, -0.2) is 21.8 Å². The molecule has 0 unspecified atom stereocenters. The number of carbonyl (C=O) groups excluding carboxylic acids is 2. The first kappa shape index (κ1) is 17.7. The summed E-state index contributed by atoms with van der Waals surface area (Å²) in [6.45, 7) is 1.38. The van der Waals surface area contributed by atoms with Crippen LogP contribution in [0.2, 0.25) is 0 Å². The minimum atomic E-state index is -0.324. The van der Waals surface area contributed by atoms with Gasteiger partial charge in [0.25, 0.3) is 0 Å². The molecule has 0 saturated heterocycles. The maximum atomic E-state index is 12.7. The van der Waals surface area contributed by atoms with E-state index >= 15 is 0 Å². The van der Waals surface area contributed by atoms with Crippen molar-refractivity contribution in [2.45, 2.75) is 19.8 Å². The van der Waals surface area contributed by atoms with Crippen LogP contribution in [-0.2, 0) is 16.0 Å². The molecule has 2 amide bonds. The fraction of sp³-hybridized carbons (Fsp3) is 0.136. The molecule has 0 spiro atoms. The van der Waals surface area contributed by atoms with Crippen LogP contribution >= 0.6 is 0 Å². The predicted molar refractivity (Wildman–Crippen MR) is 111 cm³/mol. The number of hydrogen-bond donors (Lipinski definition) is 2. The van der Waals surface area contributed by atoms with Crippen molar-refractivity contribution in [2.24, 2.45) is 0 Å². The number of hydrogen-bond acceptors (Lipinski definition) is 4. The van der Waals surface area contributed by atoms with Crippen LogP contribution < -0.4 is 10.6 Å². The van der Waals surface area contributed by atoms with Gasteiger partial charge in [0.2, 0.25) is 11.8 Å². The molecular formula is C22H20N4O2. The van der Waals surface area contributed by atoms with Gasteiger partial charge < -0.3 is 10.7 Å². The molecule has 0 radical (unpaired) electrons. The van der Waals surface area contributed by atoms with Gasteiger partial charge in [-0.25, -0.2) is 0 Å². The van der Waals surface area contributed by atoms with Crippen LogP contribution in [0.3, 0.4) is 0 Å². The second-order valence-corrected chi connectivity index (χ2v) is 6.73. The summed E-state index contributed by atoms with van der Waals surface area (Å²) >= 11 is 0. The van der Waals surface area contributed by atoms with Crippen LogP contribution in [0.25, 0.3) is 21.8 Å². The predicted octanol–water partition coefficient (Wildman–Crippen LogP) is 3.81. The Kier molecular flexibility index (Phi) is 4.53. The van der Waals surface area contributed by atoms with E-state index < -0.39 is 0 Å². The third kappa shape index (κ3) is 3.32. The van der Waals surface area contributed by atoms with Gasteiger partial charge in [-0.2, -0.15) is 0 Å². The van der Waals surface area contributed by atoms with Crippen LogP contribution in [0.15, 0.2) is 60.8 Å². The van der Waals surface area contributed by atoms with Crippen molar-refractivity contribution in [1.29, 1.82) is 0 Å². The molecule has 4 rings (SSSR count). The van der Waals surface area contributed by atoms with Crippen molar-refractivity contribution in [2.75, 3.05) is 10.6 Å². The maximum absolute atomic E-state index is 12.7. The summed E-state index contributed by atoms with van der Waals surface area (Å²) in [4.78, 5) is 33.7. The molecule has 0 bridgehead atoms. The quantitative estimate of drug-likeness (QED) is 0.533. The van der Waals surface area contributed by atoms with Crippen LogP contribution in [0, 0.1) is 0 Å². The number of para-hydroxylation sites is 1. The van der Waals surface area contributed by atoms with Crippen molar-refractivity contribution in [3.8, 4) is 0 Å². The van der Waals surface area contributed by atoms with Gasteiger partial charge in [-0.3, -0.25) is 19.5 Å². The molecule has 0 aliphatic rings. The summed E-state index contributed by atoms with van der Waals surface area (Å²) in [7, 11) is 0. The molecule has 6 nitrogen and oxygen atoms in total. The zero-order valence-corrected chi connectivity index (χ0v) is 15.5. The van der Waals surface area contributed by atoms with Crippen molar-refractivity contribution in [3.05, 3.63) is 66.5 Å². The summed E-state index contributed by atoms with van der Waals surface area (Å²) in [6.07, 6.45) is 2.43. The first-order chi connectivity index (χ1) is 13.5. The molecule has 28 heavy (non-hydrogen) atoms. The molecule has 0 atom stereocenters. The Balaban J connectivity index is 1.55. The van der Waals surface area contributed by atoms with Crippen molar-refractivity contribution >= 4 is 45.0 Å². The van der Waals surface area contributed by atoms with E-state index in [0.717, 1.165) is 27.5 Å². The monoisotopic (exact) mass is 372 g/mol. The third-order valence-electron chi connectivity index (χ3n) is 4.76. The maximum Gasteiger partial charge on any atom is 0.234 e. The summed E-state index contributed by atoms with van der Waals surface area (Å²) in [5, 5.41) is 2.20. The number of nitrogens with one attached hydrogen (secondary N) is 1. The number of aromatic nitrogens is 2. The van der Waals surface area contributed by atoms with E-state index in [4.69, 9.17) is 5.73 Å². The zero-order chi connectivity index (χ0) is 19.7. The minimum absolute atomic E-state index is 0.185. The lowest BCUT2D eigenvalue weighted by atomic mass is 10.1. The Morgan fingerprint density at radius 2 is 1.79 bits per heavy atom. The van der Waals surface area contributed by atoms with Crippen molar-refractivity contribution in [3.63, 3.8) is 0 Å². The lowest BCUT2D eigenvalue weighted by Gasteiger charge is -2.19. The average Bonchev–Trinajstić information content (AvgIpc) is 3.06. The number of nitrogens with zero attached hydrogens (tertiary/aromatic N) is 2. The van der Waals surface area contributed by atoms with E-state index in [0.29, 0.717) is 17.8 Å². The first-order valence-corrected chi connectivity index (χ1v) is 9.07. The molecule has 4 aromatic rings. The van der Waals surface area contributed by atoms with E-state index in [1.807, 2.05) is 24.3 Å². The number of aromatic amines is 1. The van der Waals surface area contributed by atoms with Crippen LogP contribution in [0.4, 0.5) is 11.4 Å². The van der Waals surface area contributed by atoms with Gasteiger partial charge in [0, 0.05) is 41.0 Å². The second-order valence-electron chi connectivity index (χ2n) is 6.73. The van der Waals surface area contributed by atoms with E-state index in [1.165, 1.54) is 11.8 Å². The number of benzene rings is 2. The third-order valence-corrected chi connectivity index (χ3v) is 4.76. The largest absolute Gasteiger partial charge is 0.399 e. The molecule has 0 aliphatic heterocycles. The lowest BCUT2D eigenvalue weighted by Crippen LogP contribution is -2.35. The summed E-state index contributed by atoms with van der Waals surface area (Å²) < 4.78 is 0. The van der Waals surface area contributed by atoms with E-state index in [1.54, 1.807) is 30.5 Å². The highest BCUT2D eigenvalue weighted by atomic mass is 16.2. The highest BCUT2D eigenvalue weighted by molar-refractivity contribution is 6.14. The van der Waals surface area contributed by atoms with Crippen LogP contribution in [0.1, 0.15) is 19.0 Å². The molecule has 0 saturated carbocycles. The molecule has 0 aliphatic carbocycles. The molecule has 6 heteroatoms. The van der Waals surface area contributed by atoms with Crippen LogP contribution in [0.5, 0.6) is 0 Å². The molecule has 2 heterocycles. The first-order valence-electron chi connectivity index (χ1n) is 9.07. The van der Waals surface area contributed by atoms with Gasteiger partial charge in [-0.15, -0.1) is 0 Å². The number of amides is 2. The smallest absolute Gasteiger partial charge is 0.234 e. The molecule has 0 fully saturated rings. The van der Waals surface area contributed by atoms with Gasteiger partial charge in [0.15, 0.2) is 0 Å². The Bertz CT molecular complexity index is 1180. The topological polar surface area (TPSA) is 92.1 Å². The number of imide groups is 1. The van der Waals surface area contributed by atoms with E-state index in [-0.39, 0.29) is 18.2 Å². The summed E-state index contributed by atoms with van der Waals surface area (Å²) in [6, 6.07) is 16.8. The number of pyridine rings is 1. The fourth-order valence-electron chi connectivity index (χ4n) is 3.40. The number of fused-ring (bicyclic) bond motifs is 3. The Morgan fingerprint density at radius 1 is 1.04 bits per heavy atom. The lowest BCUT2D eigenvalue weighted by molar-refractivity contribution is -0.125. The summed E-state index contributed by atoms with van der Waals surface area (Å²) in [5.74, 6) is -0.590. The molecular weight excluding hydrogens is 352 g/mol. The van der Waals surface area contributed by atoms with Crippen molar-refractivity contribution < 1.29 is 9.59 Å². The van der Waals surface area contributed by atoms with Gasteiger partial charge in [0.1, 0.15) is 0 Å². The normalized spacial score (nSPS) is 11.0. The molecule has 2 aromatic carbocycles. The van der Waals surface area contributed by atoms with Gasteiger partial charge in [-0.05, 0) is 42.8 Å². The van der Waals surface area contributed by atoms with Gasteiger partial charge in [-0.1, -0.05) is 18.2 Å². The van der Waals surface area contributed by atoms with Gasteiger partial charge in [0.05, 0.1) is 17.4 Å². The Labute approximate surface area is 162 Å². The highest BCUT2D eigenvalue weighted by Crippen LogP contribution is 2.25. The standard InChI is InChI=1S/C22H20N4O2/c1-14(27)26(17-9-6-15(23)7-10-17)22(28)11-8-16-12-19-18-4-2-3-5-20(18)25-21(19)13-24-16/h2-7,9-10,12-13,25H,8,11,23H2,1H3. The zero-order valence-electron chi connectivity index (χ0n) is 15.5. The van der Waals surface area contributed by atoms with E-state index in [9.17, 15) is 9.59 Å². The number of aryl methyl sites for hydroxylation is 1. The average molecular weight is 372 g/mol. The summed E-state index contributed by atoms with van der Waals surface area (Å²) in [5.41, 5.74) is 9.62. The fourth-order valence-corrected chi connectivity index (χ4v) is 3.40. The van der Waals surface area contributed by atoms with E-state index in [2.05, 4.69) is 16.0 Å². The number of anilines is 2.